The molecule has 0 radical (unpaired) electrons. The van der Waals surface area contributed by atoms with Crippen molar-refractivity contribution < 1.29 is 19.7 Å². The number of carbonyl (C=O) groups excluding carboxylic acids is 1. The van der Waals surface area contributed by atoms with Crippen LogP contribution in [0, 0.1) is 17.8 Å². The predicted octanol–water partition coefficient (Wildman–Crippen LogP) is 2.51. The van der Waals surface area contributed by atoms with E-state index >= 15 is 0 Å². The van der Waals surface area contributed by atoms with Gasteiger partial charge in [-0.3, -0.25) is 4.79 Å². The maximum absolute atomic E-state index is 11.3. The fraction of sp³-hybridized carbons (Fsp3) is 0.938. The molecule has 1 unspecified atom stereocenters. The van der Waals surface area contributed by atoms with Crippen molar-refractivity contribution in [3.8, 4) is 0 Å². The fourth-order valence-electron chi connectivity index (χ4n) is 3.48. The molecule has 5 atom stereocenters. The van der Waals surface area contributed by atoms with Crippen LogP contribution >= 0.6 is 0 Å². The van der Waals surface area contributed by atoms with Crippen molar-refractivity contribution >= 4 is 5.97 Å². The molecule has 118 valence electrons. The molecule has 0 saturated heterocycles. The zero-order valence-electron chi connectivity index (χ0n) is 13.5. The lowest BCUT2D eigenvalue weighted by Gasteiger charge is -2.36. The molecule has 4 nitrogen and oxygen atoms in total. The van der Waals surface area contributed by atoms with Gasteiger partial charge in [-0.05, 0) is 57.8 Å². The number of hydrogen-bond donors (Lipinski definition) is 2. The van der Waals surface area contributed by atoms with Crippen molar-refractivity contribution in [2.45, 2.75) is 71.0 Å². The van der Waals surface area contributed by atoms with Crippen molar-refractivity contribution in [3.63, 3.8) is 0 Å². The summed E-state index contributed by atoms with van der Waals surface area (Å²) in [6.07, 6.45) is 3.76. The maximum Gasteiger partial charge on any atom is 0.308 e. The van der Waals surface area contributed by atoms with E-state index in [0.717, 1.165) is 25.7 Å². The lowest BCUT2D eigenvalue weighted by Crippen LogP contribution is -2.40. The molecule has 4 heteroatoms. The molecule has 0 bridgehead atoms. The van der Waals surface area contributed by atoms with Crippen LogP contribution in [0.2, 0.25) is 0 Å². The van der Waals surface area contributed by atoms with Crippen LogP contribution in [0.5, 0.6) is 0 Å². The Morgan fingerprint density at radius 3 is 2.60 bits per heavy atom. The Kier molecular flexibility index (Phi) is 5.61. The monoisotopic (exact) mass is 286 g/mol. The molecule has 1 aliphatic rings. The quantitative estimate of drug-likeness (QED) is 0.736. The Bertz CT molecular complexity index is 335. The number of esters is 1. The highest BCUT2D eigenvalue weighted by molar-refractivity contribution is 5.71. The third-order valence-corrected chi connectivity index (χ3v) is 5.27. The number of aliphatic hydroxyl groups is 2. The molecule has 0 heterocycles. The second kappa shape index (κ2) is 6.44. The molecule has 0 spiro atoms. The molecular formula is C16H30O4. The maximum atomic E-state index is 11.3. The average molecular weight is 286 g/mol. The Morgan fingerprint density at radius 1 is 1.55 bits per heavy atom. The van der Waals surface area contributed by atoms with Gasteiger partial charge in [0.05, 0.1) is 24.2 Å². The van der Waals surface area contributed by atoms with Crippen LogP contribution in [-0.2, 0) is 9.53 Å². The van der Waals surface area contributed by atoms with E-state index in [1.54, 1.807) is 0 Å². The van der Waals surface area contributed by atoms with Crippen LogP contribution in [0.4, 0.5) is 0 Å². The van der Waals surface area contributed by atoms with Gasteiger partial charge < -0.3 is 14.9 Å². The van der Waals surface area contributed by atoms with Crippen LogP contribution in [0.15, 0.2) is 0 Å². The van der Waals surface area contributed by atoms with Gasteiger partial charge in [0.1, 0.15) is 0 Å². The summed E-state index contributed by atoms with van der Waals surface area (Å²) in [4.78, 5) is 11.3. The predicted molar refractivity (Wildman–Crippen MR) is 78.2 cm³/mol. The molecule has 1 fully saturated rings. The van der Waals surface area contributed by atoms with Gasteiger partial charge in [0.25, 0.3) is 0 Å². The Morgan fingerprint density at radius 2 is 2.15 bits per heavy atom. The highest BCUT2D eigenvalue weighted by atomic mass is 16.5. The summed E-state index contributed by atoms with van der Waals surface area (Å²) in [5, 5.41) is 20.9. The summed E-state index contributed by atoms with van der Waals surface area (Å²) in [5.74, 6) is -0.108. The Labute approximate surface area is 122 Å². The molecule has 0 aromatic heterocycles. The second-order valence-electron chi connectivity index (χ2n) is 6.96. The number of ether oxygens (including phenoxy) is 1. The minimum Gasteiger partial charge on any atom is -0.469 e. The van der Waals surface area contributed by atoms with E-state index in [9.17, 15) is 15.0 Å². The number of methoxy groups -OCH3 is 1. The van der Waals surface area contributed by atoms with Crippen LogP contribution in [0.1, 0.15) is 59.8 Å². The van der Waals surface area contributed by atoms with E-state index in [-0.39, 0.29) is 23.7 Å². The minimum absolute atomic E-state index is 0.0931. The molecule has 0 amide bonds. The van der Waals surface area contributed by atoms with Crippen LogP contribution in [0.3, 0.4) is 0 Å². The van der Waals surface area contributed by atoms with Crippen molar-refractivity contribution in [2.24, 2.45) is 17.8 Å². The summed E-state index contributed by atoms with van der Waals surface area (Å²) in [7, 11) is 1.40. The largest absolute Gasteiger partial charge is 0.469 e. The topological polar surface area (TPSA) is 66.8 Å². The molecule has 1 saturated carbocycles. The fourth-order valence-corrected chi connectivity index (χ4v) is 3.48. The van der Waals surface area contributed by atoms with E-state index in [1.165, 1.54) is 7.11 Å². The zero-order chi connectivity index (χ0) is 15.6. The summed E-state index contributed by atoms with van der Waals surface area (Å²) < 4.78 is 4.70. The van der Waals surface area contributed by atoms with Gasteiger partial charge in [-0.1, -0.05) is 13.8 Å². The SMILES string of the molecule is COC(=O)C(C)CCC[C@@](C)(O)[C@@H]1CC[C@@](C)(O)[C@H]1C. The van der Waals surface area contributed by atoms with Crippen LogP contribution < -0.4 is 0 Å². The molecule has 1 rings (SSSR count). The molecule has 0 aromatic rings. The van der Waals surface area contributed by atoms with Gasteiger partial charge in [0.2, 0.25) is 0 Å². The third-order valence-electron chi connectivity index (χ3n) is 5.27. The molecule has 0 aliphatic heterocycles. The Balaban J connectivity index is 2.48. The molecular weight excluding hydrogens is 256 g/mol. The highest BCUT2D eigenvalue weighted by Crippen LogP contribution is 2.46. The summed E-state index contributed by atoms with van der Waals surface area (Å²) >= 11 is 0. The van der Waals surface area contributed by atoms with E-state index in [4.69, 9.17) is 4.74 Å². The average Bonchev–Trinajstić information content (AvgIpc) is 2.63. The van der Waals surface area contributed by atoms with Crippen LogP contribution in [0.25, 0.3) is 0 Å². The first-order valence-electron chi connectivity index (χ1n) is 7.64. The number of carbonyl (C=O) groups is 1. The van der Waals surface area contributed by atoms with Crippen molar-refractivity contribution in [1.82, 2.24) is 0 Å². The first kappa shape index (κ1) is 17.4. The number of rotatable bonds is 6. The lowest BCUT2D eigenvalue weighted by molar-refractivity contribution is -0.145. The van der Waals surface area contributed by atoms with Gasteiger partial charge in [-0.2, -0.15) is 0 Å². The normalized spacial score (nSPS) is 34.5. The molecule has 2 N–H and O–H groups in total. The van der Waals surface area contributed by atoms with Crippen LogP contribution in [-0.4, -0.2) is 34.5 Å². The van der Waals surface area contributed by atoms with Gasteiger partial charge in [0.15, 0.2) is 0 Å². The van der Waals surface area contributed by atoms with E-state index in [1.807, 2.05) is 27.7 Å². The van der Waals surface area contributed by atoms with Crippen molar-refractivity contribution in [3.05, 3.63) is 0 Å². The van der Waals surface area contributed by atoms with E-state index < -0.39 is 11.2 Å². The van der Waals surface area contributed by atoms with Gasteiger partial charge in [-0.25, -0.2) is 0 Å². The molecule has 1 aliphatic carbocycles. The third kappa shape index (κ3) is 3.95. The smallest absolute Gasteiger partial charge is 0.308 e. The molecule has 20 heavy (non-hydrogen) atoms. The minimum atomic E-state index is -0.782. The number of hydrogen-bond acceptors (Lipinski definition) is 4. The second-order valence-corrected chi connectivity index (χ2v) is 6.96. The molecule has 0 aromatic carbocycles. The van der Waals surface area contributed by atoms with Gasteiger partial charge in [-0.15, -0.1) is 0 Å². The van der Waals surface area contributed by atoms with Crippen molar-refractivity contribution in [2.75, 3.05) is 7.11 Å². The van der Waals surface area contributed by atoms with E-state index in [0.29, 0.717) is 6.42 Å². The van der Waals surface area contributed by atoms with Gasteiger partial charge in [0, 0.05) is 0 Å². The van der Waals surface area contributed by atoms with E-state index in [2.05, 4.69) is 0 Å². The standard InChI is InChI=1S/C16H30O4/c1-11(14(17)20-5)7-6-9-16(4,19)13-8-10-15(3,18)12(13)2/h11-13,18-19H,6-10H2,1-5H3/t11?,12-,13+,15+,16+/m0/s1. The van der Waals surface area contributed by atoms with Crippen molar-refractivity contribution in [1.29, 1.82) is 0 Å². The zero-order valence-corrected chi connectivity index (χ0v) is 13.5. The summed E-state index contributed by atoms with van der Waals surface area (Å²) in [6, 6.07) is 0. The summed E-state index contributed by atoms with van der Waals surface area (Å²) in [6.45, 7) is 7.58. The first-order chi connectivity index (χ1) is 9.12. The van der Waals surface area contributed by atoms with Gasteiger partial charge >= 0.3 is 5.97 Å². The lowest BCUT2D eigenvalue weighted by atomic mass is 9.76. The Hall–Kier alpha value is -0.610. The summed E-state index contributed by atoms with van der Waals surface area (Å²) in [5.41, 5.74) is -1.45. The first-order valence-corrected chi connectivity index (χ1v) is 7.64. The highest BCUT2D eigenvalue weighted by Gasteiger charge is 2.48.